The molecule has 0 radical (unpaired) electrons. The fourth-order valence-electron chi connectivity index (χ4n) is 1.60. The summed E-state index contributed by atoms with van der Waals surface area (Å²) in [6.45, 7) is 1.45. The maximum Gasteiger partial charge on any atom is 0.371 e. The summed E-state index contributed by atoms with van der Waals surface area (Å²) in [4.78, 5) is 14.4. The summed E-state index contributed by atoms with van der Waals surface area (Å²) in [5, 5.41) is 8.78. The van der Waals surface area contributed by atoms with Gasteiger partial charge < -0.3 is 9.52 Å². The number of carboxylic acid groups (broad SMARTS) is 1. The van der Waals surface area contributed by atoms with Crippen molar-refractivity contribution in [3.63, 3.8) is 0 Å². The van der Waals surface area contributed by atoms with E-state index in [4.69, 9.17) is 9.52 Å². The Kier molecular flexibility index (Phi) is 3.86. The first-order chi connectivity index (χ1) is 9.40. The standard InChI is InChI=1S/C12H12N2O5S/c1-8-11(5-10(19-8)12(15)16)20(17,18)14-7-9-3-2-4-13-6-9/h2-6,14H,7H2,1H3,(H,15,16). The minimum absolute atomic E-state index is 0.0288. The maximum atomic E-state index is 12.1. The fraction of sp³-hybridized carbons (Fsp3) is 0.167. The number of hydrogen-bond acceptors (Lipinski definition) is 5. The van der Waals surface area contributed by atoms with E-state index in [1.807, 2.05) is 0 Å². The Bertz CT molecular complexity index is 722. The lowest BCUT2D eigenvalue weighted by atomic mass is 10.3. The zero-order chi connectivity index (χ0) is 14.8. The second-order valence-electron chi connectivity index (χ2n) is 4.02. The molecule has 0 aromatic carbocycles. The van der Waals surface area contributed by atoms with Gasteiger partial charge >= 0.3 is 5.97 Å². The predicted octanol–water partition coefficient (Wildman–Crippen LogP) is 1.16. The number of nitrogens with one attached hydrogen (secondary N) is 1. The highest BCUT2D eigenvalue weighted by molar-refractivity contribution is 7.89. The van der Waals surface area contributed by atoms with Crippen LogP contribution in [0.15, 0.2) is 39.9 Å². The highest BCUT2D eigenvalue weighted by Crippen LogP contribution is 2.20. The number of aryl methyl sites for hydroxylation is 1. The second kappa shape index (κ2) is 5.43. The normalized spacial score (nSPS) is 11.4. The van der Waals surface area contributed by atoms with E-state index in [1.54, 1.807) is 18.3 Å². The molecule has 2 heterocycles. The Hall–Kier alpha value is -2.19. The molecule has 20 heavy (non-hydrogen) atoms. The van der Waals surface area contributed by atoms with Crippen LogP contribution in [0.2, 0.25) is 0 Å². The molecule has 0 aliphatic rings. The number of carbonyl (C=O) groups is 1. The van der Waals surface area contributed by atoms with Gasteiger partial charge in [-0.1, -0.05) is 6.07 Å². The van der Waals surface area contributed by atoms with Crippen molar-refractivity contribution in [3.8, 4) is 0 Å². The van der Waals surface area contributed by atoms with Gasteiger partial charge in [0.1, 0.15) is 10.7 Å². The van der Waals surface area contributed by atoms with E-state index in [9.17, 15) is 13.2 Å². The fourth-order valence-corrected chi connectivity index (χ4v) is 2.79. The monoisotopic (exact) mass is 296 g/mol. The van der Waals surface area contributed by atoms with Gasteiger partial charge in [-0.2, -0.15) is 0 Å². The van der Waals surface area contributed by atoms with Crippen LogP contribution in [-0.2, 0) is 16.6 Å². The molecule has 0 fully saturated rings. The van der Waals surface area contributed by atoms with Gasteiger partial charge in [-0.3, -0.25) is 4.98 Å². The van der Waals surface area contributed by atoms with Gasteiger partial charge in [0.15, 0.2) is 0 Å². The zero-order valence-corrected chi connectivity index (χ0v) is 11.3. The van der Waals surface area contributed by atoms with Crippen molar-refractivity contribution in [1.29, 1.82) is 0 Å². The number of carboxylic acids is 1. The molecule has 0 saturated heterocycles. The number of rotatable bonds is 5. The molecule has 0 aliphatic carbocycles. The third-order valence-electron chi connectivity index (χ3n) is 2.56. The van der Waals surface area contributed by atoms with Gasteiger partial charge in [-0.05, 0) is 18.6 Å². The summed E-state index contributed by atoms with van der Waals surface area (Å²) in [7, 11) is -3.84. The molecule has 0 saturated carbocycles. The zero-order valence-electron chi connectivity index (χ0n) is 10.5. The minimum atomic E-state index is -3.84. The van der Waals surface area contributed by atoms with Crippen LogP contribution in [0, 0.1) is 6.92 Å². The number of sulfonamides is 1. The Morgan fingerprint density at radius 2 is 2.25 bits per heavy atom. The van der Waals surface area contributed by atoms with E-state index in [0.717, 1.165) is 6.07 Å². The molecule has 106 valence electrons. The number of hydrogen-bond donors (Lipinski definition) is 2. The summed E-state index contributed by atoms with van der Waals surface area (Å²) in [5.41, 5.74) is 0.690. The number of aromatic nitrogens is 1. The van der Waals surface area contributed by atoms with E-state index in [2.05, 4.69) is 9.71 Å². The van der Waals surface area contributed by atoms with Gasteiger partial charge in [0.05, 0.1) is 0 Å². The van der Waals surface area contributed by atoms with Crippen LogP contribution in [0.3, 0.4) is 0 Å². The van der Waals surface area contributed by atoms with Crippen molar-refractivity contribution in [3.05, 3.63) is 47.7 Å². The molecule has 7 nitrogen and oxygen atoms in total. The van der Waals surface area contributed by atoms with Crippen LogP contribution in [0.4, 0.5) is 0 Å². The van der Waals surface area contributed by atoms with E-state index in [-0.39, 0.29) is 17.2 Å². The van der Waals surface area contributed by atoms with E-state index in [1.165, 1.54) is 13.1 Å². The van der Waals surface area contributed by atoms with Crippen molar-refractivity contribution < 1.29 is 22.7 Å². The van der Waals surface area contributed by atoms with Crippen LogP contribution in [0.25, 0.3) is 0 Å². The maximum absolute atomic E-state index is 12.1. The molecule has 2 aromatic heterocycles. The molecule has 2 aromatic rings. The SMILES string of the molecule is Cc1oc(C(=O)O)cc1S(=O)(=O)NCc1cccnc1. The number of furan rings is 1. The number of pyridine rings is 1. The minimum Gasteiger partial charge on any atom is -0.475 e. The van der Waals surface area contributed by atoms with Gasteiger partial charge in [0.2, 0.25) is 15.8 Å². The molecule has 0 aliphatic heterocycles. The predicted molar refractivity (Wildman–Crippen MR) is 68.7 cm³/mol. The van der Waals surface area contributed by atoms with E-state index in [0.29, 0.717) is 5.56 Å². The Labute approximate surface area is 115 Å². The Morgan fingerprint density at radius 3 is 2.80 bits per heavy atom. The topological polar surface area (TPSA) is 109 Å². The lowest BCUT2D eigenvalue weighted by Crippen LogP contribution is -2.23. The molecule has 8 heteroatoms. The Balaban J connectivity index is 2.20. The smallest absolute Gasteiger partial charge is 0.371 e. The molecule has 0 bridgehead atoms. The average molecular weight is 296 g/mol. The molecular formula is C12H12N2O5S. The first kappa shape index (κ1) is 14.2. The third-order valence-corrected chi connectivity index (χ3v) is 4.07. The molecule has 2 rings (SSSR count). The molecule has 0 atom stereocenters. The van der Waals surface area contributed by atoms with Gasteiger partial charge in [0, 0.05) is 25.0 Å². The van der Waals surface area contributed by atoms with Crippen LogP contribution in [0.1, 0.15) is 21.9 Å². The summed E-state index contributed by atoms with van der Waals surface area (Å²) in [6, 6.07) is 4.40. The van der Waals surface area contributed by atoms with E-state index < -0.39 is 21.8 Å². The van der Waals surface area contributed by atoms with Crippen molar-refractivity contribution in [2.24, 2.45) is 0 Å². The van der Waals surface area contributed by atoms with Crippen LogP contribution in [0.5, 0.6) is 0 Å². The van der Waals surface area contributed by atoms with Crippen LogP contribution in [-0.4, -0.2) is 24.5 Å². The number of nitrogens with zero attached hydrogens (tertiary/aromatic N) is 1. The van der Waals surface area contributed by atoms with Gasteiger partial charge in [-0.25, -0.2) is 17.9 Å². The van der Waals surface area contributed by atoms with Crippen molar-refractivity contribution >= 4 is 16.0 Å². The van der Waals surface area contributed by atoms with Crippen molar-refractivity contribution in [2.75, 3.05) is 0 Å². The summed E-state index contributed by atoms with van der Waals surface area (Å²) < 4.78 is 31.4. The summed E-state index contributed by atoms with van der Waals surface area (Å²) in [6.07, 6.45) is 3.12. The first-order valence-corrected chi connectivity index (χ1v) is 7.11. The molecule has 0 spiro atoms. The second-order valence-corrected chi connectivity index (χ2v) is 5.76. The van der Waals surface area contributed by atoms with Crippen LogP contribution < -0.4 is 4.72 Å². The average Bonchev–Trinajstić information content (AvgIpc) is 2.81. The highest BCUT2D eigenvalue weighted by atomic mass is 32.2. The largest absolute Gasteiger partial charge is 0.475 e. The molecular weight excluding hydrogens is 284 g/mol. The van der Waals surface area contributed by atoms with Crippen LogP contribution >= 0.6 is 0 Å². The third kappa shape index (κ3) is 3.03. The summed E-state index contributed by atoms with van der Waals surface area (Å²) >= 11 is 0. The van der Waals surface area contributed by atoms with Crippen molar-refractivity contribution in [2.45, 2.75) is 18.4 Å². The molecule has 2 N–H and O–H groups in total. The first-order valence-electron chi connectivity index (χ1n) is 5.62. The molecule has 0 amide bonds. The molecule has 0 unspecified atom stereocenters. The lowest BCUT2D eigenvalue weighted by molar-refractivity contribution is 0.0661. The van der Waals surface area contributed by atoms with E-state index >= 15 is 0 Å². The highest BCUT2D eigenvalue weighted by Gasteiger charge is 2.23. The van der Waals surface area contributed by atoms with Crippen molar-refractivity contribution in [1.82, 2.24) is 9.71 Å². The summed E-state index contributed by atoms with van der Waals surface area (Å²) in [5.74, 6) is -1.70. The Morgan fingerprint density at radius 1 is 1.50 bits per heavy atom. The van der Waals surface area contributed by atoms with Gasteiger partial charge in [0.25, 0.3) is 0 Å². The number of aromatic carboxylic acids is 1. The quantitative estimate of drug-likeness (QED) is 0.856. The van der Waals surface area contributed by atoms with Gasteiger partial charge in [-0.15, -0.1) is 0 Å². The lowest BCUT2D eigenvalue weighted by Gasteiger charge is -2.05.